The van der Waals surface area contributed by atoms with E-state index in [1.54, 1.807) is 0 Å². The summed E-state index contributed by atoms with van der Waals surface area (Å²) in [6.07, 6.45) is 1.87. The molecule has 132 valence electrons. The van der Waals surface area contributed by atoms with Gasteiger partial charge in [0.25, 0.3) is 5.91 Å². The monoisotopic (exact) mass is 337 g/mol. The van der Waals surface area contributed by atoms with Crippen molar-refractivity contribution in [2.24, 2.45) is 0 Å². The zero-order valence-electron chi connectivity index (χ0n) is 15.4. The van der Waals surface area contributed by atoms with Crippen LogP contribution in [0.15, 0.2) is 42.5 Å². The number of hydrogen-bond donors (Lipinski definition) is 1. The Morgan fingerprint density at radius 2 is 1.76 bits per heavy atom. The van der Waals surface area contributed by atoms with Gasteiger partial charge >= 0.3 is 0 Å². The molecule has 1 aliphatic heterocycles. The van der Waals surface area contributed by atoms with Crippen molar-refractivity contribution in [1.82, 2.24) is 5.32 Å². The van der Waals surface area contributed by atoms with Crippen molar-refractivity contribution < 1.29 is 9.53 Å². The molecular weight excluding hydrogens is 310 g/mol. The zero-order valence-corrected chi connectivity index (χ0v) is 15.4. The van der Waals surface area contributed by atoms with E-state index in [1.807, 2.05) is 26.0 Å². The van der Waals surface area contributed by atoms with E-state index in [9.17, 15) is 4.79 Å². The highest BCUT2D eigenvalue weighted by Gasteiger charge is 2.35. The highest BCUT2D eigenvalue weighted by Crippen LogP contribution is 2.34. The van der Waals surface area contributed by atoms with E-state index in [2.05, 4.69) is 42.6 Å². The lowest BCUT2D eigenvalue weighted by Crippen LogP contribution is -2.44. The molecule has 1 saturated heterocycles. The van der Waals surface area contributed by atoms with Crippen LogP contribution in [0.25, 0.3) is 0 Å². The minimum absolute atomic E-state index is 0.0102. The van der Waals surface area contributed by atoms with Crippen LogP contribution in [0.5, 0.6) is 0 Å². The summed E-state index contributed by atoms with van der Waals surface area (Å²) in [6, 6.07) is 14.6. The van der Waals surface area contributed by atoms with E-state index >= 15 is 0 Å². The van der Waals surface area contributed by atoms with Crippen molar-refractivity contribution in [2.75, 3.05) is 19.8 Å². The number of benzene rings is 2. The van der Waals surface area contributed by atoms with Crippen LogP contribution in [0.3, 0.4) is 0 Å². The van der Waals surface area contributed by atoms with Crippen LogP contribution in [-0.2, 0) is 10.2 Å². The Hall–Kier alpha value is -2.13. The molecule has 3 nitrogen and oxygen atoms in total. The molecule has 2 aromatic carbocycles. The second-order valence-electron chi connectivity index (χ2n) is 7.26. The number of hydrogen-bond acceptors (Lipinski definition) is 2. The second-order valence-corrected chi connectivity index (χ2v) is 7.26. The molecule has 3 rings (SSSR count). The van der Waals surface area contributed by atoms with E-state index in [1.165, 1.54) is 16.7 Å². The lowest BCUT2D eigenvalue weighted by molar-refractivity contribution is 0.0487. The Morgan fingerprint density at radius 3 is 2.44 bits per heavy atom. The Morgan fingerprint density at radius 1 is 1.04 bits per heavy atom. The van der Waals surface area contributed by atoms with E-state index in [0.717, 1.165) is 37.2 Å². The molecular formula is C22H27NO2. The third kappa shape index (κ3) is 3.93. The van der Waals surface area contributed by atoms with Gasteiger partial charge in [-0.15, -0.1) is 0 Å². The standard InChI is InChI=1S/C22H27NO2/c1-16-5-4-6-19(14-16)22(9-11-25-12-10-22)15-23-21(24)20-8-7-17(2)13-18(20)3/h4-8,13-14H,9-12,15H2,1-3H3,(H,23,24). The predicted octanol–water partition coefficient (Wildman–Crippen LogP) is 4.09. The van der Waals surface area contributed by atoms with Gasteiger partial charge in [-0.1, -0.05) is 47.5 Å². The molecule has 1 fully saturated rings. The summed E-state index contributed by atoms with van der Waals surface area (Å²) in [6.45, 7) is 8.29. The van der Waals surface area contributed by atoms with Crippen LogP contribution in [0.4, 0.5) is 0 Å². The third-order valence-corrected chi connectivity index (χ3v) is 5.29. The van der Waals surface area contributed by atoms with Crippen LogP contribution < -0.4 is 5.32 Å². The maximum Gasteiger partial charge on any atom is 0.251 e. The molecule has 1 aliphatic rings. The maximum atomic E-state index is 12.7. The van der Waals surface area contributed by atoms with Gasteiger partial charge in [0.2, 0.25) is 0 Å². The summed E-state index contributed by atoms with van der Waals surface area (Å²) in [5, 5.41) is 3.19. The van der Waals surface area contributed by atoms with Gasteiger partial charge in [-0.2, -0.15) is 0 Å². The van der Waals surface area contributed by atoms with Crippen LogP contribution >= 0.6 is 0 Å². The van der Waals surface area contributed by atoms with Crippen LogP contribution in [0.1, 0.15) is 45.5 Å². The Labute approximate surface area is 150 Å². The largest absolute Gasteiger partial charge is 0.381 e. The quantitative estimate of drug-likeness (QED) is 0.912. The van der Waals surface area contributed by atoms with Gasteiger partial charge in [0.05, 0.1) is 0 Å². The molecule has 3 heteroatoms. The van der Waals surface area contributed by atoms with Crippen molar-refractivity contribution in [3.05, 3.63) is 70.3 Å². The van der Waals surface area contributed by atoms with Crippen molar-refractivity contribution in [2.45, 2.75) is 39.0 Å². The minimum atomic E-state index is -0.0431. The van der Waals surface area contributed by atoms with Gasteiger partial charge in [-0.05, 0) is 50.8 Å². The van der Waals surface area contributed by atoms with Crippen LogP contribution in [0.2, 0.25) is 0 Å². The summed E-state index contributed by atoms with van der Waals surface area (Å²) in [7, 11) is 0. The molecule has 0 spiro atoms. The van der Waals surface area contributed by atoms with Crippen molar-refractivity contribution >= 4 is 5.91 Å². The number of aryl methyl sites for hydroxylation is 3. The Bertz CT molecular complexity index is 760. The molecule has 1 N–H and O–H groups in total. The van der Waals surface area contributed by atoms with Gasteiger partial charge in [-0.3, -0.25) is 4.79 Å². The van der Waals surface area contributed by atoms with Crippen molar-refractivity contribution in [3.8, 4) is 0 Å². The van der Waals surface area contributed by atoms with Crippen molar-refractivity contribution in [1.29, 1.82) is 0 Å². The smallest absolute Gasteiger partial charge is 0.251 e. The second kappa shape index (κ2) is 7.40. The summed E-state index contributed by atoms with van der Waals surface area (Å²) in [4.78, 5) is 12.7. The molecule has 0 bridgehead atoms. The van der Waals surface area contributed by atoms with Gasteiger partial charge in [-0.25, -0.2) is 0 Å². The fourth-order valence-electron chi connectivity index (χ4n) is 3.72. The number of carbonyl (C=O) groups excluding carboxylic acids is 1. The molecule has 2 aromatic rings. The average molecular weight is 337 g/mol. The van der Waals surface area contributed by atoms with Gasteiger partial charge < -0.3 is 10.1 Å². The fourth-order valence-corrected chi connectivity index (χ4v) is 3.72. The fraction of sp³-hybridized carbons (Fsp3) is 0.409. The van der Waals surface area contributed by atoms with E-state index < -0.39 is 0 Å². The molecule has 0 aliphatic carbocycles. The van der Waals surface area contributed by atoms with E-state index in [-0.39, 0.29) is 11.3 Å². The third-order valence-electron chi connectivity index (χ3n) is 5.29. The topological polar surface area (TPSA) is 38.3 Å². The number of carbonyl (C=O) groups is 1. The van der Waals surface area contributed by atoms with Crippen molar-refractivity contribution in [3.63, 3.8) is 0 Å². The molecule has 1 amide bonds. The molecule has 0 saturated carbocycles. The van der Waals surface area contributed by atoms with Crippen LogP contribution in [0, 0.1) is 20.8 Å². The lowest BCUT2D eigenvalue weighted by atomic mass is 9.73. The first-order valence-electron chi connectivity index (χ1n) is 9.01. The zero-order chi connectivity index (χ0) is 17.9. The number of nitrogens with one attached hydrogen (secondary N) is 1. The minimum Gasteiger partial charge on any atom is -0.381 e. The first-order chi connectivity index (χ1) is 12.0. The first kappa shape index (κ1) is 17.7. The molecule has 0 aromatic heterocycles. The Kier molecular flexibility index (Phi) is 5.24. The summed E-state index contributed by atoms with van der Waals surface area (Å²) < 4.78 is 5.59. The number of ether oxygens (including phenoxy) is 1. The van der Waals surface area contributed by atoms with E-state index in [4.69, 9.17) is 4.74 Å². The maximum absolute atomic E-state index is 12.7. The first-order valence-corrected chi connectivity index (χ1v) is 9.01. The van der Waals surface area contributed by atoms with Gasteiger partial charge in [0.15, 0.2) is 0 Å². The normalized spacial score (nSPS) is 16.4. The highest BCUT2D eigenvalue weighted by atomic mass is 16.5. The Balaban J connectivity index is 1.80. The SMILES string of the molecule is Cc1cccc(C2(CNC(=O)c3ccc(C)cc3C)CCOCC2)c1. The highest BCUT2D eigenvalue weighted by molar-refractivity contribution is 5.95. The number of amides is 1. The van der Waals surface area contributed by atoms with Gasteiger partial charge in [0, 0.05) is 30.7 Å². The molecule has 1 heterocycles. The average Bonchev–Trinajstić information content (AvgIpc) is 2.60. The van der Waals surface area contributed by atoms with Crippen LogP contribution in [-0.4, -0.2) is 25.7 Å². The van der Waals surface area contributed by atoms with Gasteiger partial charge in [0.1, 0.15) is 0 Å². The number of rotatable bonds is 4. The molecule has 0 radical (unpaired) electrons. The van der Waals surface area contributed by atoms with E-state index in [0.29, 0.717) is 6.54 Å². The molecule has 25 heavy (non-hydrogen) atoms. The lowest BCUT2D eigenvalue weighted by Gasteiger charge is -2.38. The summed E-state index contributed by atoms with van der Waals surface area (Å²) in [5.41, 5.74) is 5.47. The predicted molar refractivity (Wildman–Crippen MR) is 101 cm³/mol. The summed E-state index contributed by atoms with van der Waals surface area (Å²) >= 11 is 0. The molecule has 0 atom stereocenters. The summed E-state index contributed by atoms with van der Waals surface area (Å²) in [5.74, 6) is 0.0102. The molecule has 0 unspecified atom stereocenters.